The minimum Gasteiger partial charge on any atom is -0.324 e. The second kappa shape index (κ2) is 8.94. The minimum absolute atomic E-state index is 0.0806. The first kappa shape index (κ1) is 21.6. The number of nitrogens with zero attached hydrogens (tertiary/aromatic N) is 5. The standard InChI is InChI=1S/C24H25ClN6O2/c1-30-22(27-28-29-30)16-7-5-10-19(13-16)26-23(32)21-14-15-6-2-3-11-20(15)31(21)24(33)17-8-4-9-18(25)12-17/h4-5,7-10,12-13,15,20-21H,2-3,6,11,14H2,1H3,(H,26,32)/t15-,20-,21-/m0/s1. The second-order valence-corrected chi connectivity index (χ2v) is 9.22. The molecule has 0 bridgehead atoms. The molecule has 8 nitrogen and oxygen atoms in total. The zero-order valence-electron chi connectivity index (χ0n) is 18.3. The van der Waals surface area contributed by atoms with Crippen molar-refractivity contribution in [3.05, 3.63) is 59.1 Å². The molecule has 3 atom stereocenters. The topological polar surface area (TPSA) is 93.0 Å². The number of carbonyl (C=O) groups is 2. The molecular formula is C24H25ClN6O2. The van der Waals surface area contributed by atoms with E-state index < -0.39 is 6.04 Å². The van der Waals surface area contributed by atoms with E-state index in [1.54, 1.807) is 40.9 Å². The van der Waals surface area contributed by atoms with Crippen LogP contribution in [0.25, 0.3) is 11.4 Å². The molecule has 33 heavy (non-hydrogen) atoms. The summed E-state index contributed by atoms with van der Waals surface area (Å²) in [4.78, 5) is 28.8. The highest BCUT2D eigenvalue weighted by Gasteiger charge is 2.47. The molecule has 2 fully saturated rings. The van der Waals surface area contributed by atoms with Crippen molar-refractivity contribution >= 4 is 29.1 Å². The molecule has 0 radical (unpaired) electrons. The molecular weight excluding hydrogens is 440 g/mol. The summed E-state index contributed by atoms with van der Waals surface area (Å²) in [6, 6.07) is 13.9. The highest BCUT2D eigenvalue weighted by molar-refractivity contribution is 6.31. The third kappa shape index (κ3) is 4.23. The van der Waals surface area contributed by atoms with Crippen molar-refractivity contribution in [1.82, 2.24) is 25.1 Å². The summed E-state index contributed by atoms with van der Waals surface area (Å²) in [5, 5.41) is 15.1. The highest BCUT2D eigenvalue weighted by atomic mass is 35.5. The maximum atomic E-state index is 13.5. The quantitative estimate of drug-likeness (QED) is 0.631. The summed E-state index contributed by atoms with van der Waals surface area (Å²) in [6.45, 7) is 0. The van der Waals surface area contributed by atoms with Crippen molar-refractivity contribution in [2.75, 3.05) is 5.32 Å². The lowest BCUT2D eigenvalue weighted by Crippen LogP contribution is -2.47. The van der Waals surface area contributed by atoms with Crippen LogP contribution >= 0.6 is 11.6 Å². The molecule has 0 spiro atoms. The van der Waals surface area contributed by atoms with Gasteiger partial charge in [-0.2, -0.15) is 0 Å². The molecule has 9 heteroatoms. The molecule has 2 heterocycles. The molecule has 3 aromatic rings. The van der Waals surface area contributed by atoms with Crippen LogP contribution < -0.4 is 5.32 Å². The SMILES string of the molecule is Cn1nnnc1-c1cccc(NC(=O)[C@@H]2C[C@@H]3CCCC[C@@H]3N2C(=O)c2cccc(Cl)c2)c1. The van der Waals surface area contributed by atoms with Crippen LogP contribution in [0, 0.1) is 5.92 Å². The van der Waals surface area contributed by atoms with Gasteiger partial charge >= 0.3 is 0 Å². The van der Waals surface area contributed by atoms with Gasteiger partial charge in [0.1, 0.15) is 6.04 Å². The highest BCUT2D eigenvalue weighted by Crippen LogP contribution is 2.41. The molecule has 0 unspecified atom stereocenters. The fraction of sp³-hybridized carbons (Fsp3) is 0.375. The summed E-state index contributed by atoms with van der Waals surface area (Å²) in [5.41, 5.74) is 1.96. The lowest BCUT2D eigenvalue weighted by atomic mass is 9.84. The van der Waals surface area contributed by atoms with Gasteiger partial charge in [0.15, 0.2) is 5.82 Å². The number of fused-ring (bicyclic) bond motifs is 1. The average molecular weight is 465 g/mol. The monoisotopic (exact) mass is 464 g/mol. The van der Waals surface area contributed by atoms with Gasteiger partial charge in [0.2, 0.25) is 5.91 Å². The molecule has 5 rings (SSSR count). The summed E-state index contributed by atoms with van der Waals surface area (Å²) < 4.78 is 1.58. The van der Waals surface area contributed by atoms with Crippen LogP contribution in [-0.4, -0.2) is 49.0 Å². The van der Waals surface area contributed by atoms with Crippen molar-refractivity contribution in [2.24, 2.45) is 13.0 Å². The number of hydrogen-bond acceptors (Lipinski definition) is 5. The van der Waals surface area contributed by atoms with Gasteiger partial charge in [0.25, 0.3) is 5.91 Å². The van der Waals surface area contributed by atoms with Gasteiger partial charge in [-0.15, -0.1) is 5.10 Å². The third-order valence-electron chi connectivity index (χ3n) is 6.71. The van der Waals surface area contributed by atoms with Gasteiger partial charge in [-0.1, -0.05) is 42.6 Å². The van der Waals surface area contributed by atoms with Crippen LogP contribution in [0.2, 0.25) is 5.02 Å². The van der Waals surface area contributed by atoms with Gasteiger partial charge in [0, 0.05) is 34.9 Å². The van der Waals surface area contributed by atoms with Crippen molar-refractivity contribution in [1.29, 1.82) is 0 Å². The molecule has 1 saturated carbocycles. The van der Waals surface area contributed by atoms with Crippen molar-refractivity contribution in [2.45, 2.75) is 44.2 Å². The van der Waals surface area contributed by atoms with Crippen LogP contribution in [0.1, 0.15) is 42.5 Å². The lowest BCUT2D eigenvalue weighted by molar-refractivity contribution is -0.120. The van der Waals surface area contributed by atoms with Gasteiger partial charge in [-0.3, -0.25) is 9.59 Å². The number of aryl methyl sites for hydroxylation is 1. The maximum Gasteiger partial charge on any atom is 0.254 e. The predicted octanol–water partition coefficient (Wildman–Crippen LogP) is 3.94. The molecule has 2 aromatic carbocycles. The third-order valence-corrected chi connectivity index (χ3v) is 6.94. The molecule has 1 aliphatic heterocycles. The first-order valence-electron chi connectivity index (χ1n) is 11.2. The molecule has 170 valence electrons. The zero-order valence-corrected chi connectivity index (χ0v) is 19.1. The summed E-state index contributed by atoms with van der Waals surface area (Å²) >= 11 is 6.14. The van der Waals surface area contributed by atoms with E-state index in [4.69, 9.17) is 11.6 Å². The number of likely N-dealkylation sites (tertiary alicyclic amines) is 1. The van der Waals surface area contributed by atoms with E-state index in [2.05, 4.69) is 20.8 Å². The fourth-order valence-corrected chi connectivity index (χ4v) is 5.38. The Labute approximate surface area is 196 Å². The van der Waals surface area contributed by atoms with Crippen molar-refractivity contribution < 1.29 is 9.59 Å². The number of amides is 2. The number of hydrogen-bond donors (Lipinski definition) is 1. The molecule has 1 N–H and O–H groups in total. The van der Waals surface area contributed by atoms with Crippen LogP contribution in [0.15, 0.2) is 48.5 Å². The number of benzene rings is 2. The largest absolute Gasteiger partial charge is 0.324 e. The van der Waals surface area contributed by atoms with E-state index in [-0.39, 0.29) is 17.9 Å². The van der Waals surface area contributed by atoms with Crippen LogP contribution in [0.4, 0.5) is 5.69 Å². The van der Waals surface area contributed by atoms with Gasteiger partial charge in [0.05, 0.1) is 0 Å². The maximum absolute atomic E-state index is 13.5. The molecule has 2 aliphatic rings. The minimum atomic E-state index is -0.523. The summed E-state index contributed by atoms with van der Waals surface area (Å²) in [5.74, 6) is 0.642. The number of halogens is 1. The smallest absolute Gasteiger partial charge is 0.254 e. The fourth-order valence-electron chi connectivity index (χ4n) is 5.19. The first-order chi connectivity index (χ1) is 16.0. The number of aromatic nitrogens is 4. The Morgan fingerprint density at radius 2 is 1.91 bits per heavy atom. The summed E-state index contributed by atoms with van der Waals surface area (Å²) in [7, 11) is 1.76. The first-order valence-corrected chi connectivity index (χ1v) is 11.6. The normalized spacial score (nSPS) is 22.1. The zero-order chi connectivity index (χ0) is 22.9. The van der Waals surface area contributed by atoms with Gasteiger partial charge in [-0.05, 0) is 65.9 Å². The van der Waals surface area contributed by atoms with Crippen LogP contribution in [-0.2, 0) is 11.8 Å². The summed E-state index contributed by atoms with van der Waals surface area (Å²) in [6.07, 6.45) is 4.86. The second-order valence-electron chi connectivity index (χ2n) is 8.78. The van der Waals surface area contributed by atoms with Gasteiger partial charge in [-0.25, -0.2) is 4.68 Å². The average Bonchev–Trinajstić information content (AvgIpc) is 3.42. The number of tetrazole rings is 1. The lowest BCUT2D eigenvalue weighted by Gasteiger charge is -2.33. The van der Waals surface area contributed by atoms with E-state index in [9.17, 15) is 9.59 Å². The molecule has 1 aliphatic carbocycles. The van der Waals surface area contributed by atoms with Gasteiger partial charge < -0.3 is 10.2 Å². The number of anilines is 1. The molecule has 2 amide bonds. The Hall–Kier alpha value is -3.26. The van der Waals surface area contributed by atoms with E-state index >= 15 is 0 Å². The van der Waals surface area contributed by atoms with E-state index in [0.29, 0.717) is 34.4 Å². The number of nitrogens with one attached hydrogen (secondary N) is 1. The van der Waals surface area contributed by atoms with Crippen LogP contribution in [0.3, 0.4) is 0 Å². The predicted molar refractivity (Wildman–Crippen MR) is 125 cm³/mol. The van der Waals surface area contributed by atoms with Crippen molar-refractivity contribution in [3.63, 3.8) is 0 Å². The number of rotatable bonds is 4. The van der Waals surface area contributed by atoms with E-state index in [1.807, 2.05) is 24.3 Å². The Bertz CT molecular complexity index is 1190. The Kier molecular flexibility index (Phi) is 5.85. The Balaban J connectivity index is 1.41. The Morgan fingerprint density at radius 1 is 1.09 bits per heavy atom. The molecule has 1 saturated heterocycles. The Morgan fingerprint density at radius 3 is 2.70 bits per heavy atom. The van der Waals surface area contributed by atoms with E-state index in [0.717, 1.165) is 31.2 Å². The molecule has 1 aromatic heterocycles. The van der Waals surface area contributed by atoms with E-state index in [1.165, 1.54) is 0 Å². The van der Waals surface area contributed by atoms with Crippen LogP contribution in [0.5, 0.6) is 0 Å². The van der Waals surface area contributed by atoms with Crippen molar-refractivity contribution in [3.8, 4) is 11.4 Å². The number of carbonyl (C=O) groups excluding carboxylic acids is 2.